The highest BCUT2D eigenvalue weighted by Crippen LogP contribution is 1.98. The molecule has 1 fully saturated rings. The summed E-state index contributed by atoms with van der Waals surface area (Å²) < 4.78 is 6.38. The van der Waals surface area contributed by atoms with Crippen LogP contribution >= 0.6 is 0 Å². The molecule has 9 heteroatoms. The fraction of sp³-hybridized carbons (Fsp3) is 0.667. The van der Waals surface area contributed by atoms with Crippen LogP contribution in [0.2, 0.25) is 0 Å². The van der Waals surface area contributed by atoms with Gasteiger partial charge in [-0.1, -0.05) is 5.21 Å². The van der Waals surface area contributed by atoms with E-state index in [0.717, 1.165) is 44.0 Å². The molecule has 2 heterocycles. The summed E-state index contributed by atoms with van der Waals surface area (Å²) in [6, 6.07) is 0. The highest BCUT2D eigenvalue weighted by Gasteiger charge is 2.12. The molecule has 21 heavy (non-hydrogen) atoms. The minimum atomic E-state index is -1.03. The van der Waals surface area contributed by atoms with E-state index in [2.05, 4.69) is 20.5 Å². The van der Waals surface area contributed by atoms with Crippen molar-refractivity contribution in [3.8, 4) is 0 Å². The Bertz CT molecular complexity index is 484. The second kappa shape index (κ2) is 7.70. The molecular formula is C12H19N5O4. The number of hydrogen-bond acceptors (Lipinski definition) is 6. The second-order valence-corrected chi connectivity index (χ2v) is 4.76. The second-order valence-electron chi connectivity index (χ2n) is 4.76. The summed E-state index contributed by atoms with van der Waals surface area (Å²) in [5.74, 6) is -1.37. The number of nitrogens with one attached hydrogen (secondary N) is 1. The summed E-state index contributed by atoms with van der Waals surface area (Å²) in [4.78, 5) is 24.6. The van der Waals surface area contributed by atoms with Crippen LogP contribution in [0.3, 0.4) is 0 Å². The van der Waals surface area contributed by atoms with E-state index in [-0.39, 0.29) is 18.1 Å². The normalized spacial score (nSPS) is 15.8. The Morgan fingerprint density at radius 2 is 2.14 bits per heavy atom. The van der Waals surface area contributed by atoms with Crippen LogP contribution in [0.15, 0.2) is 6.20 Å². The Morgan fingerprint density at radius 1 is 1.38 bits per heavy atom. The molecule has 1 aromatic heterocycles. The fourth-order valence-corrected chi connectivity index (χ4v) is 2.04. The quantitative estimate of drug-likeness (QED) is 0.609. The van der Waals surface area contributed by atoms with Crippen LogP contribution in [0.1, 0.15) is 16.9 Å². The van der Waals surface area contributed by atoms with Gasteiger partial charge in [0, 0.05) is 19.6 Å². The standard InChI is InChI=1S/C12H19N5O4/c18-11(19)9-17-8-10(14-15-17)12(20)13-2-1-3-16-4-6-21-7-5-16/h8H,1-7,9H2,(H,13,20)(H,18,19). The van der Waals surface area contributed by atoms with Crippen molar-refractivity contribution in [1.82, 2.24) is 25.2 Å². The summed E-state index contributed by atoms with van der Waals surface area (Å²) in [5, 5.41) is 18.6. The van der Waals surface area contributed by atoms with Crippen LogP contribution < -0.4 is 5.32 Å². The third-order valence-corrected chi connectivity index (χ3v) is 3.11. The van der Waals surface area contributed by atoms with E-state index >= 15 is 0 Å². The number of ether oxygens (including phenoxy) is 1. The van der Waals surface area contributed by atoms with Gasteiger partial charge in [0.15, 0.2) is 5.69 Å². The molecule has 0 saturated carbocycles. The lowest BCUT2D eigenvalue weighted by Crippen LogP contribution is -2.38. The number of carboxylic acid groups (broad SMARTS) is 1. The molecule has 0 spiro atoms. The molecule has 1 aromatic rings. The Balaban J connectivity index is 1.66. The predicted octanol–water partition coefficient (Wildman–Crippen LogP) is -1.19. The number of aliphatic carboxylic acids is 1. The zero-order valence-corrected chi connectivity index (χ0v) is 11.7. The molecule has 0 atom stereocenters. The number of carboxylic acids is 1. The Hall–Kier alpha value is -2.00. The van der Waals surface area contributed by atoms with E-state index in [4.69, 9.17) is 9.84 Å². The van der Waals surface area contributed by atoms with E-state index in [1.807, 2.05) is 0 Å². The number of carbonyl (C=O) groups is 2. The van der Waals surface area contributed by atoms with Gasteiger partial charge in [-0.25, -0.2) is 4.68 Å². The first-order valence-corrected chi connectivity index (χ1v) is 6.85. The molecule has 1 saturated heterocycles. The topological polar surface area (TPSA) is 110 Å². The van der Waals surface area contributed by atoms with Gasteiger partial charge in [0.05, 0.1) is 19.4 Å². The van der Waals surface area contributed by atoms with Crippen molar-refractivity contribution in [3.63, 3.8) is 0 Å². The molecule has 1 aliphatic heterocycles. The maximum absolute atomic E-state index is 11.8. The van der Waals surface area contributed by atoms with Gasteiger partial charge in [-0.05, 0) is 13.0 Å². The van der Waals surface area contributed by atoms with E-state index < -0.39 is 5.97 Å². The van der Waals surface area contributed by atoms with E-state index in [1.54, 1.807) is 0 Å². The Morgan fingerprint density at radius 3 is 2.86 bits per heavy atom. The lowest BCUT2D eigenvalue weighted by Gasteiger charge is -2.26. The van der Waals surface area contributed by atoms with Crippen molar-refractivity contribution >= 4 is 11.9 Å². The molecule has 116 valence electrons. The number of hydrogen-bond donors (Lipinski definition) is 2. The van der Waals surface area contributed by atoms with Crippen LogP contribution in [0.4, 0.5) is 0 Å². The van der Waals surface area contributed by atoms with Gasteiger partial charge >= 0.3 is 5.97 Å². The summed E-state index contributed by atoms with van der Waals surface area (Å²) in [7, 11) is 0. The minimum Gasteiger partial charge on any atom is -0.480 e. The van der Waals surface area contributed by atoms with Crippen molar-refractivity contribution in [2.24, 2.45) is 0 Å². The van der Waals surface area contributed by atoms with Crippen LogP contribution in [0, 0.1) is 0 Å². The predicted molar refractivity (Wildman–Crippen MR) is 71.9 cm³/mol. The molecule has 0 unspecified atom stereocenters. The number of nitrogens with zero attached hydrogens (tertiary/aromatic N) is 4. The number of carbonyl (C=O) groups excluding carboxylic acids is 1. The van der Waals surface area contributed by atoms with E-state index in [9.17, 15) is 9.59 Å². The number of amides is 1. The number of morpholine rings is 1. The zero-order chi connectivity index (χ0) is 15.1. The SMILES string of the molecule is O=C(O)Cn1cc(C(=O)NCCCN2CCOCC2)nn1. The third kappa shape index (κ3) is 5.12. The molecule has 1 aliphatic rings. The molecule has 0 aromatic carbocycles. The summed E-state index contributed by atoms with van der Waals surface area (Å²) in [6.07, 6.45) is 2.17. The average Bonchev–Trinajstić information content (AvgIpc) is 2.92. The van der Waals surface area contributed by atoms with E-state index in [1.165, 1.54) is 6.20 Å². The van der Waals surface area contributed by atoms with Gasteiger partial charge in [0.2, 0.25) is 0 Å². The van der Waals surface area contributed by atoms with Crippen molar-refractivity contribution in [3.05, 3.63) is 11.9 Å². The third-order valence-electron chi connectivity index (χ3n) is 3.11. The largest absolute Gasteiger partial charge is 0.480 e. The molecule has 0 radical (unpaired) electrons. The number of aromatic nitrogens is 3. The van der Waals surface area contributed by atoms with Gasteiger partial charge in [-0.2, -0.15) is 0 Å². The van der Waals surface area contributed by atoms with Gasteiger partial charge in [0.25, 0.3) is 5.91 Å². The fourth-order valence-electron chi connectivity index (χ4n) is 2.04. The van der Waals surface area contributed by atoms with Gasteiger partial charge < -0.3 is 15.2 Å². The van der Waals surface area contributed by atoms with Crippen LogP contribution in [0.5, 0.6) is 0 Å². The number of rotatable bonds is 7. The molecule has 2 N–H and O–H groups in total. The first kappa shape index (κ1) is 15.4. The zero-order valence-electron chi connectivity index (χ0n) is 11.7. The van der Waals surface area contributed by atoms with Crippen molar-refractivity contribution in [2.75, 3.05) is 39.4 Å². The summed E-state index contributed by atoms with van der Waals surface area (Å²) in [6.45, 7) is 4.53. The minimum absolute atomic E-state index is 0.127. The molecule has 0 aliphatic carbocycles. The summed E-state index contributed by atoms with van der Waals surface area (Å²) >= 11 is 0. The smallest absolute Gasteiger partial charge is 0.325 e. The van der Waals surface area contributed by atoms with Crippen LogP contribution in [-0.4, -0.2) is 76.3 Å². The van der Waals surface area contributed by atoms with E-state index in [0.29, 0.717) is 6.54 Å². The molecule has 9 nitrogen and oxygen atoms in total. The first-order valence-electron chi connectivity index (χ1n) is 6.85. The molecule has 1 amide bonds. The lowest BCUT2D eigenvalue weighted by molar-refractivity contribution is -0.137. The maximum Gasteiger partial charge on any atom is 0.325 e. The Labute approximate surface area is 121 Å². The first-order chi connectivity index (χ1) is 10.1. The van der Waals surface area contributed by atoms with Crippen LogP contribution in [-0.2, 0) is 16.1 Å². The van der Waals surface area contributed by atoms with Gasteiger partial charge in [-0.3, -0.25) is 14.5 Å². The van der Waals surface area contributed by atoms with Gasteiger partial charge in [-0.15, -0.1) is 5.10 Å². The average molecular weight is 297 g/mol. The summed E-state index contributed by atoms with van der Waals surface area (Å²) in [5.41, 5.74) is 0.127. The molecule has 0 bridgehead atoms. The van der Waals surface area contributed by atoms with Crippen LogP contribution in [0.25, 0.3) is 0 Å². The molecular weight excluding hydrogens is 278 g/mol. The van der Waals surface area contributed by atoms with Crippen molar-refractivity contribution in [1.29, 1.82) is 0 Å². The maximum atomic E-state index is 11.8. The lowest BCUT2D eigenvalue weighted by atomic mass is 10.3. The van der Waals surface area contributed by atoms with Gasteiger partial charge in [0.1, 0.15) is 6.54 Å². The van der Waals surface area contributed by atoms with Crippen molar-refractivity contribution in [2.45, 2.75) is 13.0 Å². The highest BCUT2D eigenvalue weighted by molar-refractivity contribution is 5.91. The molecule has 2 rings (SSSR count). The Kier molecular flexibility index (Phi) is 5.64. The monoisotopic (exact) mass is 297 g/mol. The van der Waals surface area contributed by atoms with Crippen molar-refractivity contribution < 1.29 is 19.4 Å². The highest BCUT2D eigenvalue weighted by atomic mass is 16.5.